The molecule has 0 aliphatic carbocycles. The molecule has 76 valence electrons. The van der Waals surface area contributed by atoms with Crippen LogP contribution < -0.4 is 5.32 Å². The average molecular weight is 233 g/mol. The van der Waals surface area contributed by atoms with E-state index >= 15 is 0 Å². The van der Waals surface area contributed by atoms with Gasteiger partial charge in [0.2, 0.25) is 0 Å². The molecule has 2 rings (SSSR count). The Morgan fingerprint density at radius 3 is 3.00 bits per heavy atom. The minimum absolute atomic E-state index is 0.0129. The van der Waals surface area contributed by atoms with Crippen LogP contribution in [0.5, 0.6) is 0 Å². The molecule has 0 saturated carbocycles. The van der Waals surface area contributed by atoms with Crippen molar-refractivity contribution in [3.63, 3.8) is 0 Å². The highest BCUT2D eigenvalue weighted by molar-refractivity contribution is 6.34. The fourth-order valence-corrected chi connectivity index (χ4v) is 1.91. The van der Waals surface area contributed by atoms with Gasteiger partial charge >= 0.3 is 0 Å². The molecular formula is C9H10Cl2N2O. The van der Waals surface area contributed by atoms with Crippen molar-refractivity contribution in [1.82, 2.24) is 10.3 Å². The Balaban J connectivity index is 2.22. The second-order valence-electron chi connectivity index (χ2n) is 3.09. The lowest BCUT2D eigenvalue weighted by Crippen LogP contribution is -2.33. The van der Waals surface area contributed by atoms with Crippen LogP contribution in [0, 0.1) is 0 Å². The predicted octanol–water partition coefficient (Wildman–Crippen LogP) is 2.05. The van der Waals surface area contributed by atoms with E-state index in [0.717, 1.165) is 18.7 Å². The quantitative estimate of drug-likeness (QED) is 0.754. The van der Waals surface area contributed by atoms with Gasteiger partial charge in [-0.05, 0) is 6.07 Å². The van der Waals surface area contributed by atoms with E-state index in [1.165, 1.54) is 0 Å². The van der Waals surface area contributed by atoms with Crippen molar-refractivity contribution in [2.24, 2.45) is 0 Å². The van der Waals surface area contributed by atoms with Gasteiger partial charge in [0.1, 0.15) is 5.15 Å². The molecule has 1 unspecified atom stereocenters. The van der Waals surface area contributed by atoms with Gasteiger partial charge in [-0.1, -0.05) is 23.2 Å². The molecule has 0 bridgehead atoms. The van der Waals surface area contributed by atoms with Gasteiger partial charge in [0.15, 0.2) is 0 Å². The summed E-state index contributed by atoms with van der Waals surface area (Å²) in [6, 6.07) is 1.64. The SMILES string of the molecule is Clc1cc(Cl)c(C2CNCCO2)cn1. The maximum Gasteiger partial charge on any atom is 0.130 e. The number of rotatable bonds is 1. The zero-order valence-electron chi connectivity index (χ0n) is 7.46. The van der Waals surface area contributed by atoms with Crippen molar-refractivity contribution >= 4 is 23.2 Å². The van der Waals surface area contributed by atoms with Crippen LogP contribution in [0.15, 0.2) is 12.3 Å². The number of aromatic nitrogens is 1. The van der Waals surface area contributed by atoms with Crippen molar-refractivity contribution in [1.29, 1.82) is 0 Å². The highest BCUT2D eigenvalue weighted by Crippen LogP contribution is 2.27. The monoisotopic (exact) mass is 232 g/mol. The molecular weight excluding hydrogens is 223 g/mol. The number of halogens is 2. The molecule has 14 heavy (non-hydrogen) atoms. The summed E-state index contributed by atoms with van der Waals surface area (Å²) in [5.41, 5.74) is 0.892. The third-order valence-corrected chi connectivity index (χ3v) is 2.66. The van der Waals surface area contributed by atoms with Crippen LogP contribution in [0.1, 0.15) is 11.7 Å². The Morgan fingerprint density at radius 2 is 2.36 bits per heavy atom. The molecule has 1 aliphatic heterocycles. The molecule has 1 aromatic rings. The summed E-state index contributed by atoms with van der Waals surface area (Å²) in [7, 11) is 0. The fraction of sp³-hybridized carbons (Fsp3) is 0.444. The van der Waals surface area contributed by atoms with Crippen LogP contribution >= 0.6 is 23.2 Å². The number of nitrogens with one attached hydrogen (secondary N) is 1. The maximum absolute atomic E-state index is 6.03. The van der Waals surface area contributed by atoms with E-state index in [-0.39, 0.29) is 6.10 Å². The second-order valence-corrected chi connectivity index (χ2v) is 3.89. The number of hydrogen-bond acceptors (Lipinski definition) is 3. The van der Waals surface area contributed by atoms with Crippen LogP contribution in [0.4, 0.5) is 0 Å². The standard InChI is InChI=1S/C9H10Cl2N2O/c10-7-3-9(11)13-4-6(7)8-5-12-1-2-14-8/h3-4,8,12H,1-2,5H2. The highest BCUT2D eigenvalue weighted by atomic mass is 35.5. The van der Waals surface area contributed by atoms with E-state index in [1.54, 1.807) is 12.3 Å². The van der Waals surface area contributed by atoms with Crippen LogP contribution in [-0.4, -0.2) is 24.7 Å². The van der Waals surface area contributed by atoms with Crippen molar-refractivity contribution in [2.45, 2.75) is 6.10 Å². The molecule has 2 heterocycles. The van der Waals surface area contributed by atoms with Gasteiger partial charge in [-0.15, -0.1) is 0 Å². The largest absolute Gasteiger partial charge is 0.371 e. The van der Waals surface area contributed by atoms with Crippen molar-refractivity contribution < 1.29 is 4.74 Å². The number of pyridine rings is 1. The number of morpholine rings is 1. The normalized spacial score (nSPS) is 22.3. The van der Waals surface area contributed by atoms with Crippen molar-refractivity contribution in [3.8, 4) is 0 Å². The van der Waals surface area contributed by atoms with Crippen molar-refractivity contribution in [3.05, 3.63) is 28.0 Å². The summed E-state index contributed by atoms with van der Waals surface area (Å²) in [6.45, 7) is 2.35. The van der Waals surface area contributed by atoms with Gasteiger partial charge in [0, 0.05) is 24.8 Å². The van der Waals surface area contributed by atoms with E-state index < -0.39 is 0 Å². The summed E-state index contributed by atoms with van der Waals surface area (Å²) in [6.07, 6.45) is 1.66. The van der Waals surface area contributed by atoms with Crippen LogP contribution in [0.25, 0.3) is 0 Å². The van der Waals surface area contributed by atoms with E-state index in [2.05, 4.69) is 10.3 Å². The minimum atomic E-state index is -0.0129. The summed E-state index contributed by atoms with van der Waals surface area (Å²) in [5.74, 6) is 0. The Hall–Kier alpha value is -0.350. The summed E-state index contributed by atoms with van der Waals surface area (Å²) < 4.78 is 5.55. The third-order valence-electron chi connectivity index (χ3n) is 2.12. The van der Waals surface area contributed by atoms with Gasteiger partial charge in [0.05, 0.1) is 17.7 Å². The zero-order chi connectivity index (χ0) is 9.97. The predicted molar refractivity (Wildman–Crippen MR) is 55.8 cm³/mol. The Morgan fingerprint density at radius 1 is 1.50 bits per heavy atom. The number of ether oxygens (including phenoxy) is 1. The first-order valence-corrected chi connectivity index (χ1v) is 5.16. The first-order chi connectivity index (χ1) is 6.77. The zero-order valence-corrected chi connectivity index (χ0v) is 8.98. The van der Waals surface area contributed by atoms with E-state index in [9.17, 15) is 0 Å². The molecule has 3 nitrogen and oxygen atoms in total. The van der Waals surface area contributed by atoms with Gasteiger partial charge in [-0.3, -0.25) is 0 Å². The molecule has 1 aromatic heterocycles. The minimum Gasteiger partial charge on any atom is -0.371 e. The van der Waals surface area contributed by atoms with E-state index in [4.69, 9.17) is 27.9 Å². The van der Waals surface area contributed by atoms with E-state index in [1.807, 2.05) is 0 Å². The van der Waals surface area contributed by atoms with Crippen LogP contribution in [0.3, 0.4) is 0 Å². The molecule has 0 aromatic carbocycles. The number of nitrogens with zero attached hydrogens (tertiary/aromatic N) is 1. The maximum atomic E-state index is 6.03. The number of hydrogen-bond donors (Lipinski definition) is 1. The molecule has 0 spiro atoms. The Labute approximate surface area is 92.4 Å². The molecule has 1 aliphatic rings. The lowest BCUT2D eigenvalue weighted by atomic mass is 10.1. The van der Waals surface area contributed by atoms with Gasteiger partial charge in [-0.25, -0.2) is 4.98 Å². The topological polar surface area (TPSA) is 34.1 Å². The van der Waals surface area contributed by atoms with Crippen LogP contribution in [-0.2, 0) is 4.74 Å². The lowest BCUT2D eigenvalue weighted by molar-refractivity contribution is 0.0275. The molecule has 1 N–H and O–H groups in total. The smallest absolute Gasteiger partial charge is 0.130 e. The molecule has 1 atom stereocenters. The van der Waals surface area contributed by atoms with E-state index in [0.29, 0.717) is 16.8 Å². The molecule has 5 heteroatoms. The molecule has 1 fully saturated rings. The lowest BCUT2D eigenvalue weighted by Gasteiger charge is -2.24. The summed E-state index contributed by atoms with van der Waals surface area (Å²) in [5, 5.41) is 4.25. The summed E-state index contributed by atoms with van der Waals surface area (Å²) in [4.78, 5) is 3.99. The first-order valence-electron chi connectivity index (χ1n) is 4.40. The van der Waals surface area contributed by atoms with Crippen molar-refractivity contribution in [2.75, 3.05) is 19.7 Å². The first kappa shape index (κ1) is 10.2. The average Bonchev–Trinajstić information content (AvgIpc) is 2.19. The third kappa shape index (κ3) is 2.17. The Kier molecular flexibility index (Phi) is 3.23. The van der Waals surface area contributed by atoms with Gasteiger partial charge < -0.3 is 10.1 Å². The van der Waals surface area contributed by atoms with Gasteiger partial charge in [-0.2, -0.15) is 0 Å². The van der Waals surface area contributed by atoms with Gasteiger partial charge in [0.25, 0.3) is 0 Å². The molecule has 1 saturated heterocycles. The molecule has 0 amide bonds. The fourth-order valence-electron chi connectivity index (χ4n) is 1.42. The van der Waals surface area contributed by atoms with Crippen LogP contribution in [0.2, 0.25) is 10.2 Å². The second kappa shape index (κ2) is 4.45. The summed E-state index contributed by atoms with van der Waals surface area (Å²) >= 11 is 11.7. The Bertz CT molecular complexity index is 327. The highest BCUT2D eigenvalue weighted by Gasteiger charge is 2.18. The molecule has 0 radical (unpaired) electrons.